The number of benzene rings is 2. The molecule has 2 aliphatic rings. The van der Waals surface area contributed by atoms with Crippen LogP contribution in [0.4, 0.5) is 0 Å². The van der Waals surface area contributed by atoms with Gasteiger partial charge >= 0.3 is 5.97 Å². The molecule has 2 aromatic carbocycles. The molecule has 7 heteroatoms. The predicted molar refractivity (Wildman–Crippen MR) is 119 cm³/mol. The Morgan fingerprint density at radius 3 is 2.41 bits per heavy atom. The largest absolute Gasteiger partial charge is 0.493 e. The number of methoxy groups -OCH3 is 2. The van der Waals surface area contributed by atoms with Crippen molar-refractivity contribution in [2.24, 2.45) is 5.41 Å². The van der Waals surface area contributed by atoms with E-state index in [1.807, 2.05) is 44.2 Å². The molecular weight excluding hydrogens is 410 g/mol. The van der Waals surface area contributed by atoms with E-state index in [0.717, 1.165) is 36.0 Å². The number of nitrogens with one attached hydrogen (secondary N) is 1. The van der Waals surface area contributed by atoms with Gasteiger partial charge in [-0.05, 0) is 56.0 Å². The third-order valence-corrected chi connectivity index (χ3v) is 6.22. The molecule has 4 rings (SSSR count). The van der Waals surface area contributed by atoms with E-state index in [0.29, 0.717) is 29.4 Å². The van der Waals surface area contributed by atoms with Crippen molar-refractivity contribution in [3.05, 3.63) is 41.5 Å². The van der Waals surface area contributed by atoms with E-state index in [9.17, 15) is 9.59 Å². The van der Waals surface area contributed by atoms with Gasteiger partial charge in [0.05, 0.1) is 20.3 Å². The van der Waals surface area contributed by atoms with Gasteiger partial charge in [0.25, 0.3) is 5.91 Å². The number of carbonyl (C=O) groups excluding carboxylic acids is 2. The highest BCUT2D eigenvalue weighted by Gasteiger charge is 2.47. The maximum absolute atomic E-state index is 12.8. The Labute approximate surface area is 188 Å². The molecule has 0 bridgehead atoms. The lowest BCUT2D eigenvalue weighted by atomic mass is 9.69. The molecule has 0 radical (unpaired) electrons. The van der Waals surface area contributed by atoms with Crippen molar-refractivity contribution in [3.8, 4) is 28.4 Å². The Hall–Kier alpha value is -3.22. The van der Waals surface area contributed by atoms with Gasteiger partial charge in [0.2, 0.25) is 5.75 Å². The van der Waals surface area contributed by atoms with Gasteiger partial charge in [-0.1, -0.05) is 18.6 Å². The summed E-state index contributed by atoms with van der Waals surface area (Å²) in [6.07, 6.45) is 2.22. The summed E-state index contributed by atoms with van der Waals surface area (Å²) in [5, 5.41) is 2.88. The van der Waals surface area contributed by atoms with Crippen LogP contribution in [0.3, 0.4) is 0 Å². The quantitative estimate of drug-likeness (QED) is 0.623. The number of carbonyl (C=O) groups is 2. The molecule has 0 saturated heterocycles. The van der Waals surface area contributed by atoms with Gasteiger partial charge in [-0.25, -0.2) is 0 Å². The minimum absolute atomic E-state index is 0.0883. The Bertz CT molecular complexity index is 1040. The molecule has 1 fully saturated rings. The monoisotopic (exact) mass is 439 g/mol. The molecule has 1 N–H and O–H groups in total. The SMILES string of the molecule is COc1ccc(-c2cccc3c2CNC3=O)c(OCC2(C(=O)OC(C)C)CCC2)c1OC. The van der Waals surface area contributed by atoms with E-state index in [1.54, 1.807) is 14.2 Å². The fourth-order valence-electron chi connectivity index (χ4n) is 4.32. The van der Waals surface area contributed by atoms with Gasteiger partial charge in [-0.2, -0.15) is 0 Å². The highest BCUT2D eigenvalue weighted by Crippen LogP contribution is 2.48. The minimum Gasteiger partial charge on any atom is -0.493 e. The van der Waals surface area contributed by atoms with Crippen LogP contribution in [0.2, 0.25) is 0 Å². The number of fused-ring (bicyclic) bond motifs is 1. The van der Waals surface area contributed by atoms with Crippen molar-refractivity contribution in [3.63, 3.8) is 0 Å². The van der Waals surface area contributed by atoms with E-state index in [1.165, 1.54) is 0 Å². The minimum atomic E-state index is -0.661. The van der Waals surface area contributed by atoms with Gasteiger partial charge < -0.3 is 24.3 Å². The van der Waals surface area contributed by atoms with Gasteiger partial charge in [-0.15, -0.1) is 0 Å². The zero-order valence-corrected chi connectivity index (χ0v) is 18.9. The fourth-order valence-corrected chi connectivity index (χ4v) is 4.32. The van der Waals surface area contributed by atoms with Crippen LogP contribution in [-0.4, -0.2) is 38.8 Å². The summed E-state index contributed by atoms with van der Waals surface area (Å²) in [7, 11) is 3.12. The maximum Gasteiger partial charge on any atom is 0.315 e. The molecule has 1 amide bonds. The maximum atomic E-state index is 12.8. The van der Waals surface area contributed by atoms with E-state index in [-0.39, 0.29) is 24.6 Å². The zero-order valence-electron chi connectivity index (χ0n) is 18.9. The molecule has 0 aromatic heterocycles. The number of ether oxygens (including phenoxy) is 4. The molecule has 32 heavy (non-hydrogen) atoms. The van der Waals surface area contributed by atoms with E-state index in [4.69, 9.17) is 18.9 Å². The summed E-state index contributed by atoms with van der Waals surface area (Å²) >= 11 is 0. The summed E-state index contributed by atoms with van der Waals surface area (Å²) in [5.74, 6) is 1.16. The highest BCUT2D eigenvalue weighted by molar-refractivity contribution is 6.01. The Balaban J connectivity index is 1.75. The number of hydrogen-bond acceptors (Lipinski definition) is 6. The summed E-state index contributed by atoms with van der Waals surface area (Å²) in [5.41, 5.74) is 2.56. The third kappa shape index (κ3) is 3.76. The molecule has 2 aromatic rings. The lowest BCUT2D eigenvalue weighted by molar-refractivity contribution is -0.168. The van der Waals surface area contributed by atoms with Crippen LogP contribution >= 0.6 is 0 Å². The molecule has 0 atom stereocenters. The first kappa shape index (κ1) is 22.0. The van der Waals surface area contributed by atoms with Crippen LogP contribution < -0.4 is 19.5 Å². The van der Waals surface area contributed by atoms with Gasteiger partial charge in [0.15, 0.2) is 11.5 Å². The van der Waals surface area contributed by atoms with Crippen LogP contribution in [0.5, 0.6) is 17.2 Å². The summed E-state index contributed by atoms with van der Waals surface area (Å²) in [6, 6.07) is 9.34. The Kier molecular flexibility index (Phi) is 6.00. The van der Waals surface area contributed by atoms with E-state index < -0.39 is 5.41 Å². The number of amides is 1. The van der Waals surface area contributed by atoms with Crippen molar-refractivity contribution in [2.75, 3.05) is 20.8 Å². The van der Waals surface area contributed by atoms with Crippen LogP contribution in [0.1, 0.15) is 49.0 Å². The fraction of sp³-hybridized carbons (Fsp3) is 0.440. The molecule has 170 valence electrons. The van der Waals surface area contributed by atoms with Crippen molar-refractivity contribution in [1.29, 1.82) is 0 Å². The number of rotatable bonds is 8. The molecule has 1 saturated carbocycles. The second-order valence-corrected chi connectivity index (χ2v) is 8.57. The summed E-state index contributed by atoms with van der Waals surface area (Å²) in [4.78, 5) is 25.0. The lowest BCUT2D eigenvalue weighted by Gasteiger charge is -2.39. The molecule has 0 unspecified atom stereocenters. The first-order valence-corrected chi connectivity index (χ1v) is 10.9. The van der Waals surface area contributed by atoms with Crippen molar-refractivity contribution >= 4 is 11.9 Å². The molecular formula is C25H29NO6. The third-order valence-electron chi connectivity index (χ3n) is 6.22. The predicted octanol–water partition coefficient (Wildman–Crippen LogP) is 4.11. The second kappa shape index (κ2) is 8.73. The Morgan fingerprint density at radius 2 is 1.78 bits per heavy atom. The standard InChI is InChI=1S/C25H29NO6/c1-15(2)32-24(28)25(11-6-12-25)14-31-21-17(9-10-20(29-3)22(21)30-4)16-7-5-8-18-19(16)13-26-23(18)27/h5,7-10,15H,6,11-14H2,1-4H3,(H,26,27). The number of hydrogen-bond donors (Lipinski definition) is 1. The highest BCUT2D eigenvalue weighted by atomic mass is 16.6. The van der Waals surface area contributed by atoms with Crippen LogP contribution in [0, 0.1) is 5.41 Å². The molecule has 1 aliphatic carbocycles. The van der Waals surface area contributed by atoms with Crippen molar-refractivity contribution < 1.29 is 28.5 Å². The average molecular weight is 440 g/mol. The smallest absolute Gasteiger partial charge is 0.315 e. The van der Waals surface area contributed by atoms with Gasteiger partial charge in [-0.3, -0.25) is 9.59 Å². The number of esters is 1. The summed E-state index contributed by atoms with van der Waals surface area (Å²) < 4.78 is 23.0. The van der Waals surface area contributed by atoms with E-state index in [2.05, 4.69) is 5.32 Å². The first-order valence-electron chi connectivity index (χ1n) is 10.9. The van der Waals surface area contributed by atoms with E-state index >= 15 is 0 Å². The lowest BCUT2D eigenvalue weighted by Crippen LogP contribution is -2.45. The first-order chi connectivity index (χ1) is 15.4. The average Bonchev–Trinajstić information content (AvgIpc) is 3.13. The van der Waals surface area contributed by atoms with Gasteiger partial charge in [0, 0.05) is 17.7 Å². The molecule has 7 nitrogen and oxygen atoms in total. The van der Waals surface area contributed by atoms with Crippen molar-refractivity contribution in [1.82, 2.24) is 5.32 Å². The second-order valence-electron chi connectivity index (χ2n) is 8.57. The van der Waals surface area contributed by atoms with Gasteiger partial charge in [0.1, 0.15) is 12.0 Å². The van der Waals surface area contributed by atoms with Crippen LogP contribution in [-0.2, 0) is 16.1 Å². The molecule has 0 spiro atoms. The molecule has 1 heterocycles. The normalized spacial score (nSPS) is 16.1. The van der Waals surface area contributed by atoms with Crippen LogP contribution in [0.25, 0.3) is 11.1 Å². The van der Waals surface area contributed by atoms with Crippen molar-refractivity contribution in [2.45, 2.75) is 45.8 Å². The Morgan fingerprint density at radius 1 is 1.03 bits per heavy atom. The van der Waals surface area contributed by atoms with Crippen LogP contribution in [0.15, 0.2) is 30.3 Å². The molecule has 1 aliphatic heterocycles. The summed E-state index contributed by atoms with van der Waals surface area (Å²) in [6.45, 7) is 4.32. The topological polar surface area (TPSA) is 83.1 Å². The zero-order chi connectivity index (χ0) is 22.9.